The molecule has 0 radical (unpaired) electrons. The highest BCUT2D eigenvalue weighted by Gasteiger charge is 2.44. The summed E-state index contributed by atoms with van der Waals surface area (Å²) in [6, 6.07) is 12.7. The number of nitrogens with zero attached hydrogens (tertiary/aromatic N) is 2. The van der Waals surface area contributed by atoms with Crippen LogP contribution in [0.15, 0.2) is 82.7 Å². The first-order chi connectivity index (χ1) is 16.9. The summed E-state index contributed by atoms with van der Waals surface area (Å²) in [4.78, 5) is 32.2. The molecule has 3 heterocycles. The molecule has 1 atom stereocenters. The molecule has 0 fully saturated rings. The van der Waals surface area contributed by atoms with Gasteiger partial charge >= 0.3 is 0 Å². The van der Waals surface area contributed by atoms with Gasteiger partial charge in [0.05, 0.1) is 18.7 Å². The molecule has 2 aromatic carbocycles. The van der Waals surface area contributed by atoms with Gasteiger partial charge in [0.25, 0.3) is 5.91 Å². The number of halogens is 2. The van der Waals surface area contributed by atoms with E-state index in [2.05, 4.69) is 4.98 Å². The summed E-state index contributed by atoms with van der Waals surface area (Å²) in [5.74, 6) is -2.25. The Morgan fingerprint density at radius 1 is 1.23 bits per heavy atom. The Balaban J connectivity index is 1.59. The van der Waals surface area contributed by atoms with Gasteiger partial charge in [0.2, 0.25) is 5.78 Å². The number of fused-ring (bicyclic) bond motifs is 1. The molecule has 0 aliphatic carbocycles. The number of carbonyl (C=O) groups is 2. The molecule has 7 nitrogen and oxygen atoms in total. The van der Waals surface area contributed by atoms with Crippen LogP contribution >= 0.6 is 11.6 Å². The molecule has 1 N–H and O–H groups in total. The van der Waals surface area contributed by atoms with Crippen molar-refractivity contribution in [2.75, 3.05) is 7.11 Å². The van der Waals surface area contributed by atoms with Crippen molar-refractivity contribution in [2.24, 2.45) is 0 Å². The standard InChI is InChI=1S/C26H18ClFN2O5/c1-34-20-11-17(27)9-16-10-19(35-25(16)20)23(31)21-22(15-3-2-8-29-12-15)30(26(33)24(21)32)13-14-4-6-18(28)7-5-14/h2-12,22,32H,13H2,1H3. The number of aliphatic hydroxyl groups is 1. The zero-order valence-electron chi connectivity index (χ0n) is 18.4. The number of ketones is 1. The van der Waals surface area contributed by atoms with E-state index in [0.717, 1.165) is 0 Å². The van der Waals surface area contributed by atoms with E-state index < -0.39 is 29.3 Å². The van der Waals surface area contributed by atoms with Gasteiger partial charge in [-0.3, -0.25) is 14.6 Å². The number of benzene rings is 2. The van der Waals surface area contributed by atoms with Crippen molar-refractivity contribution in [2.45, 2.75) is 12.6 Å². The van der Waals surface area contributed by atoms with Crippen molar-refractivity contribution in [1.29, 1.82) is 0 Å². The van der Waals surface area contributed by atoms with Gasteiger partial charge < -0.3 is 19.2 Å². The molecule has 2 aromatic heterocycles. The smallest absolute Gasteiger partial charge is 0.290 e. The van der Waals surface area contributed by atoms with Gasteiger partial charge in [0, 0.05) is 35.4 Å². The zero-order valence-corrected chi connectivity index (χ0v) is 19.1. The van der Waals surface area contributed by atoms with E-state index in [-0.39, 0.29) is 17.9 Å². The van der Waals surface area contributed by atoms with E-state index in [4.69, 9.17) is 20.8 Å². The Morgan fingerprint density at radius 2 is 2.00 bits per heavy atom. The molecule has 0 bridgehead atoms. The molecule has 176 valence electrons. The Morgan fingerprint density at radius 3 is 2.69 bits per heavy atom. The Hall–Kier alpha value is -4.17. The summed E-state index contributed by atoms with van der Waals surface area (Å²) in [5, 5.41) is 11.8. The number of rotatable bonds is 6. The Kier molecular flexibility index (Phi) is 5.74. The summed E-state index contributed by atoms with van der Waals surface area (Å²) < 4.78 is 24.5. The summed E-state index contributed by atoms with van der Waals surface area (Å²) >= 11 is 6.13. The van der Waals surface area contributed by atoms with E-state index in [0.29, 0.717) is 32.9 Å². The highest BCUT2D eigenvalue weighted by atomic mass is 35.5. The number of aromatic nitrogens is 1. The number of aliphatic hydroxyl groups excluding tert-OH is 1. The lowest BCUT2D eigenvalue weighted by Crippen LogP contribution is -2.30. The number of Topliss-reactive ketones (excluding diaryl/α,β-unsaturated/α-hetero) is 1. The quantitative estimate of drug-likeness (QED) is 0.362. The average Bonchev–Trinajstić information content (AvgIpc) is 3.39. The fourth-order valence-electron chi connectivity index (χ4n) is 4.20. The fourth-order valence-corrected chi connectivity index (χ4v) is 4.42. The van der Waals surface area contributed by atoms with Gasteiger partial charge in [-0.2, -0.15) is 0 Å². The Bertz CT molecular complexity index is 1480. The van der Waals surface area contributed by atoms with Crippen molar-refractivity contribution in [3.8, 4) is 5.75 Å². The summed E-state index contributed by atoms with van der Waals surface area (Å²) in [6.45, 7) is 0.0308. The minimum absolute atomic E-state index is 0.0308. The lowest BCUT2D eigenvalue weighted by Gasteiger charge is -2.26. The predicted molar refractivity (Wildman–Crippen MR) is 126 cm³/mol. The highest BCUT2D eigenvalue weighted by Crippen LogP contribution is 2.41. The SMILES string of the molecule is COc1cc(Cl)cc2cc(C(=O)C3=C(O)C(=O)N(Cc4ccc(F)cc4)C3c3cccnc3)oc12. The van der Waals surface area contributed by atoms with Gasteiger partial charge in [-0.25, -0.2) is 4.39 Å². The molecule has 0 saturated heterocycles. The molecule has 1 aliphatic heterocycles. The number of ether oxygens (including phenoxy) is 1. The minimum Gasteiger partial charge on any atom is -0.503 e. The van der Waals surface area contributed by atoms with E-state index in [1.54, 1.807) is 30.5 Å². The van der Waals surface area contributed by atoms with Gasteiger partial charge in [-0.15, -0.1) is 0 Å². The molecule has 1 amide bonds. The fraction of sp³-hybridized carbons (Fsp3) is 0.115. The maximum Gasteiger partial charge on any atom is 0.290 e. The third-order valence-corrected chi connectivity index (χ3v) is 6.02. The first-order valence-electron chi connectivity index (χ1n) is 10.6. The second-order valence-corrected chi connectivity index (χ2v) is 8.41. The number of furan rings is 1. The lowest BCUT2D eigenvalue weighted by atomic mass is 9.96. The van der Waals surface area contributed by atoms with Crippen LogP contribution in [0.2, 0.25) is 5.02 Å². The van der Waals surface area contributed by atoms with Gasteiger partial charge in [0.15, 0.2) is 22.9 Å². The van der Waals surface area contributed by atoms with Crippen molar-refractivity contribution < 1.29 is 28.2 Å². The van der Waals surface area contributed by atoms with Crippen LogP contribution < -0.4 is 4.74 Å². The molecule has 5 rings (SSSR count). The van der Waals surface area contributed by atoms with E-state index in [1.807, 2.05) is 0 Å². The van der Waals surface area contributed by atoms with Crippen LogP contribution in [0.5, 0.6) is 5.75 Å². The van der Waals surface area contributed by atoms with Crippen molar-refractivity contribution >= 4 is 34.3 Å². The van der Waals surface area contributed by atoms with Crippen LogP contribution in [0.25, 0.3) is 11.0 Å². The molecule has 0 spiro atoms. The van der Waals surface area contributed by atoms with Crippen LogP contribution in [0.1, 0.15) is 27.7 Å². The molecule has 4 aromatic rings. The normalized spacial score (nSPS) is 15.8. The van der Waals surface area contributed by atoms with Crippen molar-refractivity contribution in [3.63, 3.8) is 0 Å². The van der Waals surface area contributed by atoms with E-state index >= 15 is 0 Å². The molecule has 9 heteroatoms. The number of carbonyl (C=O) groups excluding carboxylic acids is 2. The van der Waals surface area contributed by atoms with Gasteiger partial charge in [0.1, 0.15) is 5.82 Å². The van der Waals surface area contributed by atoms with Crippen LogP contribution in [0.3, 0.4) is 0 Å². The first-order valence-corrected chi connectivity index (χ1v) is 11.0. The highest BCUT2D eigenvalue weighted by molar-refractivity contribution is 6.31. The third kappa shape index (κ3) is 4.02. The summed E-state index contributed by atoms with van der Waals surface area (Å²) in [5.41, 5.74) is 1.31. The molecule has 0 saturated carbocycles. The minimum atomic E-state index is -0.938. The van der Waals surface area contributed by atoms with Crippen molar-refractivity contribution in [3.05, 3.63) is 106 Å². The number of amides is 1. The lowest BCUT2D eigenvalue weighted by molar-refractivity contribution is -0.130. The van der Waals surface area contributed by atoms with E-state index in [1.165, 1.54) is 48.5 Å². The molecular formula is C26H18ClFN2O5. The van der Waals surface area contributed by atoms with Crippen LogP contribution in [-0.2, 0) is 11.3 Å². The predicted octanol–water partition coefficient (Wildman–Crippen LogP) is 5.41. The number of pyridine rings is 1. The number of hydrogen-bond donors (Lipinski definition) is 1. The van der Waals surface area contributed by atoms with Gasteiger partial charge in [-0.1, -0.05) is 29.8 Å². The van der Waals surface area contributed by atoms with Crippen LogP contribution in [0, 0.1) is 5.82 Å². The Labute approximate surface area is 204 Å². The molecule has 35 heavy (non-hydrogen) atoms. The first kappa shape index (κ1) is 22.6. The van der Waals surface area contributed by atoms with Crippen molar-refractivity contribution in [1.82, 2.24) is 9.88 Å². The second-order valence-electron chi connectivity index (χ2n) is 7.98. The molecule has 1 unspecified atom stereocenters. The maximum absolute atomic E-state index is 13.6. The van der Waals surface area contributed by atoms with Crippen LogP contribution in [0.4, 0.5) is 4.39 Å². The zero-order chi connectivity index (χ0) is 24.7. The second kappa shape index (κ2) is 8.88. The maximum atomic E-state index is 13.6. The monoisotopic (exact) mass is 492 g/mol. The molecular weight excluding hydrogens is 475 g/mol. The largest absolute Gasteiger partial charge is 0.503 e. The number of methoxy groups -OCH3 is 1. The summed E-state index contributed by atoms with van der Waals surface area (Å²) in [6.07, 6.45) is 3.08. The topological polar surface area (TPSA) is 92.9 Å². The van der Waals surface area contributed by atoms with Crippen LogP contribution in [-0.4, -0.2) is 33.8 Å². The van der Waals surface area contributed by atoms with Gasteiger partial charge in [-0.05, 0) is 41.5 Å². The summed E-state index contributed by atoms with van der Waals surface area (Å²) in [7, 11) is 1.45. The van der Waals surface area contributed by atoms with E-state index in [9.17, 15) is 19.1 Å². The number of hydrogen-bond acceptors (Lipinski definition) is 6. The third-order valence-electron chi connectivity index (χ3n) is 5.81. The average molecular weight is 493 g/mol. The molecule has 1 aliphatic rings.